The van der Waals surface area contributed by atoms with Crippen LogP contribution in [0.2, 0.25) is 0 Å². The molecule has 2 aromatic rings. The van der Waals surface area contributed by atoms with E-state index >= 15 is 0 Å². The minimum absolute atomic E-state index is 0.00980. The van der Waals surface area contributed by atoms with Gasteiger partial charge in [-0.2, -0.15) is 0 Å². The lowest BCUT2D eigenvalue weighted by molar-refractivity contribution is -0.118. The zero-order valence-electron chi connectivity index (χ0n) is 13.0. The van der Waals surface area contributed by atoms with Crippen molar-refractivity contribution in [3.05, 3.63) is 58.7 Å². The van der Waals surface area contributed by atoms with Crippen LogP contribution < -0.4 is 10.1 Å². The highest BCUT2D eigenvalue weighted by molar-refractivity contribution is 5.92. The van der Waals surface area contributed by atoms with E-state index in [9.17, 15) is 4.79 Å². The Hall–Kier alpha value is -2.29. The molecular formula is C18H21NO2. The van der Waals surface area contributed by atoms with Crippen LogP contribution in [0.5, 0.6) is 5.75 Å². The van der Waals surface area contributed by atoms with Gasteiger partial charge in [0.05, 0.1) is 0 Å². The van der Waals surface area contributed by atoms with Crippen molar-refractivity contribution in [3.63, 3.8) is 0 Å². The number of carbonyl (C=O) groups is 1. The molecule has 0 aliphatic rings. The normalized spacial score (nSPS) is 10.3. The molecule has 1 amide bonds. The second kappa shape index (κ2) is 6.44. The fourth-order valence-corrected chi connectivity index (χ4v) is 2.41. The summed E-state index contributed by atoms with van der Waals surface area (Å²) in [5.41, 5.74) is 5.31. The summed E-state index contributed by atoms with van der Waals surface area (Å²) in [7, 11) is 0. The number of benzene rings is 2. The van der Waals surface area contributed by atoms with Crippen LogP contribution in [-0.2, 0) is 4.79 Å². The number of amides is 1. The van der Waals surface area contributed by atoms with Gasteiger partial charge in [0, 0.05) is 5.69 Å². The van der Waals surface area contributed by atoms with Gasteiger partial charge in [0.1, 0.15) is 5.75 Å². The minimum atomic E-state index is -0.154. The van der Waals surface area contributed by atoms with Crippen molar-refractivity contribution in [2.75, 3.05) is 11.9 Å². The van der Waals surface area contributed by atoms with Crippen LogP contribution in [-0.4, -0.2) is 12.5 Å². The Balaban J connectivity index is 1.95. The van der Waals surface area contributed by atoms with Crippen molar-refractivity contribution >= 4 is 11.6 Å². The summed E-state index contributed by atoms with van der Waals surface area (Å²) >= 11 is 0. The monoisotopic (exact) mass is 283 g/mol. The van der Waals surface area contributed by atoms with Gasteiger partial charge in [-0.25, -0.2) is 0 Å². The van der Waals surface area contributed by atoms with Gasteiger partial charge in [0.25, 0.3) is 5.91 Å². The lowest BCUT2D eigenvalue weighted by Crippen LogP contribution is -2.20. The molecule has 0 aliphatic carbocycles. The van der Waals surface area contributed by atoms with Crippen LogP contribution in [0.3, 0.4) is 0 Å². The number of ether oxygens (including phenoxy) is 1. The fraction of sp³-hybridized carbons (Fsp3) is 0.278. The number of hydrogen-bond acceptors (Lipinski definition) is 2. The molecule has 3 heteroatoms. The molecule has 2 rings (SSSR count). The van der Waals surface area contributed by atoms with Crippen molar-refractivity contribution in [1.82, 2.24) is 0 Å². The molecular weight excluding hydrogens is 262 g/mol. The second-order valence-corrected chi connectivity index (χ2v) is 5.54. The average molecular weight is 283 g/mol. The molecule has 0 saturated carbocycles. The SMILES string of the molecule is Cc1cc(C)cc(NC(=O)COc2cc(C)cc(C)c2)c1. The third-order valence-corrected chi connectivity index (χ3v) is 3.07. The van der Waals surface area contributed by atoms with Gasteiger partial charge in [-0.15, -0.1) is 0 Å². The second-order valence-electron chi connectivity index (χ2n) is 5.54. The maximum atomic E-state index is 11.9. The van der Waals surface area contributed by atoms with E-state index in [1.807, 2.05) is 52.0 Å². The Morgan fingerprint density at radius 2 is 1.33 bits per heavy atom. The zero-order chi connectivity index (χ0) is 15.4. The number of nitrogens with one attached hydrogen (secondary N) is 1. The maximum Gasteiger partial charge on any atom is 0.262 e. The highest BCUT2D eigenvalue weighted by atomic mass is 16.5. The molecule has 1 N–H and O–H groups in total. The van der Waals surface area contributed by atoms with Gasteiger partial charge < -0.3 is 10.1 Å². The Kier molecular flexibility index (Phi) is 4.63. The molecule has 110 valence electrons. The number of rotatable bonds is 4. The molecule has 0 aromatic heterocycles. The van der Waals surface area contributed by atoms with E-state index in [-0.39, 0.29) is 12.5 Å². The van der Waals surface area contributed by atoms with E-state index < -0.39 is 0 Å². The quantitative estimate of drug-likeness (QED) is 0.923. The summed E-state index contributed by atoms with van der Waals surface area (Å²) in [4.78, 5) is 11.9. The van der Waals surface area contributed by atoms with Crippen LogP contribution in [0.4, 0.5) is 5.69 Å². The Bertz CT molecular complexity index is 622. The molecule has 0 unspecified atom stereocenters. The first kappa shape index (κ1) is 15.1. The Morgan fingerprint density at radius 1 is 0.857 bits per heavy atom. The molecule has 0 bridgehead atoms. The first-order chi connectivity index (χ1) is 9.92. The molecule has 0 atom stereocenters. The first-order valence-electron chi connectivity index (χ1n) is 7.01. The van der Waals surface area contributed by atoms with Crippen molar-refractivity contribution in [3.8, 4) is 5.75 Å². The number of anilines is 1. The molecule has 0 heterocycles. The van der Waals surface area contributed by atoms with Gasteiger partial charge in [-0.1, -0.05) is 12.1 Å². The largest absolute Gasteiger partial charge is 0.484 e. The lowest BCUT2D eigenvalue weighted by Gasteiger charge is -2.10. The third-order valence-electron chi connectivity index (χ3n) is 3.07. The standard InChI is InChI=1S/C18H21NO2/c1-12-5-13(2)8-16(7-12)19-18(20)11-21-17-9-14(3)6-15(4)10-17/h5-10H,11H2,1-4H3,(H,19,20). The summed E-state index contributed by atoms with van der Waals surface area (Å²) in [6.07, 6.45) is 0. The lowest BCUT2D eigenvalue weighted by atomic mass is 10.1. The van der Waals surface area contributed by atoms with Gasteiger partial charge in [-0.3, -0.25) is 4.79 Å². The van der Waals surface area contributed by atoms with Gasteiger partial charge in [0.15, 0.2) is 6.61 Å². The van der Waals surface area contributed by atoms with E-state index in [0.29, 0.717) is 0 Å². The van der Waals surface area contributed by atoms with E-state index in [1.165, 1.54) is 0 Å². The average Bonchev–Trinajstić information content (AvgIpc) is 2.34. The van der Waals surface area contributed by atoms with E-state index in [2.05, 4.69) is 17.4 Å². The van der Waals surface area contributed by atoms with Gasteiger partial charge in [0.2, 0.25) is 0 Å². The summed E-state index contributed by atoms with van der Waals surface area (Å²) in [5.74, 6) is 0.572. The summed E-state index contributed by atoms with van der Waals surface area (Å²) in [5, 5.41) is 2.86. The summed E-state index contributed by atoms with van der Waals surface area (Å²) in [6.45, 7) is 8.05. The van der Waals surface area contributed by atoms with Crippen LogP contribution in [0.25, 0.3) is 0 Å². The Morgan fingerprint density at radius 3 is 1.86 bits per heavy atom. The van der Waals surface area contributed by atoms with Crippen LogP contribution in [0.1, 0.15) is 22.3 Å². The maximum absolute atomic E-state index is 11.9. The topological polar surface area (TPSA) is 38.3 Å². The fourth-order valence-electron chi connectivity index (χ4n) is 2.41. The highest BCUT2D eigenvalue weighted by Gasteiger charge is 2.05. The Labute approximate surface area is 126 Å². The number of aryl methyl sites for hydroxylation is 4. The van der Waals surface area contributed by atoms with Crippen molar-refractivity contribution in [1.29, 1.82) is 0 Å². The van der Waals surface area contributed by atoms with E-state index in [0.717, 1.165) is 33.7 Å². The summed E-state index contributed by atoms with van der Waals surface area (Å²) < 4.78 is 5.55. The molecule has 0 spiro atoms. The van der Waals surface area contributed by atoms with E-state index in [4.69, 9.17) is 4.74 Å². The minimum Gasteiger partial charge on any atom is -0.484 e. The summed E-state index contributed by atoms with van der Waals surface area (Å²) in [6, 6.07) is 11.9. The molecule has 0 aliphatic heterocycles. The van der Waals surface area contributed by atoms with Gasteiger partial charge >= 0.3 is 0 Å². The molecule has 3 nitrogen and oxygen atoms in total. The van der Waals surface area contributed by atoms with Crippen molar-refractivity contribution in [2.45, 2.75) is 27.7 Å². The highest BCUT2D eigenvalue weighted by Crippen LogP contribution is 2.17. The smallest absolute Gasteiger partial charge is 0.262 e. The van der Waals surface area contributed by atoms with Crippen molar-refractivity contribution in [2.24, 2.45) is 0 Å². The van der Waals surface area contributed by atoms with Gasteiger partial charge in [-0.05, 0) is 74.2 Å². The van der Waals surface area contributed by atoms with Crippen LogP contribution in [0.15, 0.2) is 36.4 Å². The first-order valence-corrected chi connectivity index (χ1v) is 7.01. The molecule has 0 radical (unpaired) electrons. The predicted octanol–water partition coefficient (Wildman–Crippen LogP) is 3.94. The molecule has 0 saturated heterocycles. The van der Waals surface area contributed by atoms with Crippen LogP contribution >= 0.6 is 0 Å². The van der Waals surface area contributed by atoms with Crippen LogP contribution in [0, 0.1) is 27.7 Å². The number of hydrogen-bond donors (Lipinski definition) is 1. The molecule has 2 aromatic carbocycles. The molecule has 21 heavy (non-hydrogen) atoms. The third kappa shape index (κ3) is 4.63. The predicted molar refractivity (Wildman–Crippen MR) is 86.0 cm³/mol. The van der Waals surface area contributed by atoms with Crippen molar-refractivity contribution < 1.29 is 9.53 Å². The zero-order valence-corrected chi connectivity index (χ0v) is 13.0. The molecule has 0 fully saturated rings. The number of carbonyl (C=O) groups excluding carboxylic acids is 1. The van der Waals surface area contributed by atoms with E-state index in [1.54, 1.807) is 0 Å².